The van der Waals surface area contributed by atoms with Crippen LogP contribution in [0, 0.1) is 19.8 Å². The molecule has 1 amide bonds. The average Bonchev–Trinajstić information content (AvgIpc) is 2.58. The van der Waals surface area contributed by atoms with Crippen LogP contribution in [-0.4, -0.2) is 11.0 Å². The number of hydrogen-bond donors (Lipinski definition) is 3. The minimum absolute atomic E-state index is 0.170. The van der Waals surface area contributed by atoms with Crippen LogP contribution in [0.1, 0.15) is 22.7 Å². The summed E-state index contributed by atoms with van der Waals surface area (Å²) in [7, 11) is 0. The molecular formula is C20H20ClN3OS. The van der Waals surface area contributed by atoms with Crippen molar-refractivity contribution in [3.63, 3.8) is 0 Å². The number of nitrogens with one attached hydrogen (secondary N) is 3. The van der Waals surface area contributed by atoms with Gasteiger partial charge in [-0.25, -0.2) is 0 Å². The highest BCUT2D eigenvalue weighted by Crippen LogP contribution is 2.33. The van der Waals surface area contributed by atoms with E-state index in [0.717, 1.165) is 16.7 Å². The van der Waals surface area contributed by atoms with E-state index in [9.17, 15) is 4.79 Å². The lowest BCUT2D eigenvalue weighted by atomic mass is 9.86. The molecule has 0 spiro atoms. The zero-order chi connectivity index (χ0) is 18.8. The van der Waals surface area contributed by atoms with Crippen molar-refractivity contribution in [1.82, 2.24) is 10.6 Å². The summed E-state index contributed by atoms with van der Waals surface area (Å²) >= 11 is 11.4. The van der Waals surface area contributed by atoms with E-state index in [0.29, 0.717) is 21.5 Å². The molecule has 1 heterocycles. The summed E-state index contributed by atoms with van der Waals surface area (Å²) in [6.45, 7) is 7.92. The van der Waals surface area contributed by atoms with E-state index in [1.165, 1.54) is 0 Å². The Bertz CT molecular complexity index is 896. The molecule has 0 saturated carbocycles. The molecule has 0 aromatic heterocycles. The van der Waals surface area contributed by atoms with Crippen LogP contribution in [0.5, 0.6) is 0 Å². The first-order valence-corrected chi connectivity index (χ1v) is 9.05. The van der Waals surface area contributed by atoms with Crippen molar-refractivity contribution >= 4 is 40.5 Å². The number of hydrogen-bond acceptors (Lipinski definition) is 2. The summed E-state index contributed by atoms with van der Waals surface area (Å²) in [5.41, 5.74) is 4.18. The smallest absolute Gasteiger partial charge is 0.235 e. The van der Waals surface area contributed by atoms with Gasteiger partial charge in [0.1, 0.15) is 5.92 Å². The Balaban J connectivity index is 1.95. The number of carbonyl (C=O) groups is 1. The number of anilines is 1. The second-order valence-corrected chi connectivity index (χ2v) is 7.15. The Morgan fingerprint density at radius 3 is 2.65 bits per heavy atom. The summed E-state index contributed by atoms with van der Waals surface area (Å²) < 4.78 is 0. The maximum absolute atomic E-state index is 13.1. The molecule has 0 aliphatic carbocycles. The SMILES string of the molecule is C=C1NC(=S)N[C@H](c2ccccc2C)[C@H]1C(=O)Nc1cccc(Cl)c1C. The Hall–Kier alpha value is -2.37. The van der Waals surface area contributed by atoms with Crippen molar-refractivity contribution in [3.8, 4) is 0 Å². The first kappa shape index (κ1) is 18.4. The van der Waals surface area contributed by atoms with Gasteiger partial charge in [0.25, 0.3) is 0 Å². The maximum Gasteiger partial charge on any atom is 0.235 e. The Morgan fingerprint density at radius 1 is 1.19 bits per heavy atom. The Labute approximate surface area is 163 Å². The van der Waals surface area contributed by atoms with Gasteiger partial charge >= 0.3 is 0 Å². The standard InChI is InChI=1S/C20H20ClN3OS/c1-11-7-4-5-8-14(11)18-17(13(3)22-20(26)24-18)19(25)23-16-10-6-9-15(21)12(16)2/h4-10,17-18H,3H2,1-2H3,(H,23,25)(H2,22,24,26)/t17-,18+/m0/s1. The molecule has 2 aromatic carbocycles. The third kappa shape index (κ3) is 3.59. The third-order valence-electron chi connectivity index (χ3n) is 4.60. The molecule has 0 bridgehead atoms. The molecule has 2 aromatic rings. The van der Waals surface area contributed by atoms with Crippen molar-refractivity contribution in [2.45, 2.75) is 19.9 Å². The fraction of sp³-hybridized carbons (Fsp3) is 0.200. The molecule has 3 N–H and O–H groups in total. The minimum atomic E-state index is -0.527. The van der Waals surface area contributed by atoms with Crippen LogP contribution in [0.25, 0.3) is 0 Å². The second-order valence-electron chi connectivity index (χ2n) is 6.34. The fourth-order valence-corrected chi connectivity index (χ4v) is 3.57. The molecule has 4 nitrogen and oxygen atoms in total. The molecule has 6 heteroatoms. The summed E-state index contributed by atoms with van der Waals surface area (Å²) in [6.07, 6.45) is 0. The maximum atomic E-state index is 13.1. The van der Waals surface area contributed by atoms with Gasteiger partial charge < -0.3 is 16.0 Å². The van der Waals surface area contributed by atoms with Gasteiger partial charge in [-0.3, -0.25) is 4.79 Å². The monoisotopic (exact) mass is 385 g/mol. The molecule has 0 unspecified atom stereocenters. The van der Waals surface area contributed by atoms with Gasteiger partial charge in [-0.05, 0) is 54.9 Å². The third-order valence-corrected chi connectivity index (χ3v) is 5.23. The molecule has 134 valence electrons. The molecular weight excluding hydrogens is 366 g/mol. The lowest BCUT2D eigenvalue weighted by Crippen LogP contribution is -2.51. The second kappa shape index (κ2) is 7.48. The number of carbonyl (C=O) groups excluding carboxylic acids is 1. The topological polar surface area (TPSA) is 53.2 Å². The van der Waals surface area contributed by atoms with Gasteiger partial charge in [0.05, 0.1) is 6.04 Å². The molecule has 3 rings (SSSR count). The highest BCUT2D eigenvalue weighted by molar-refractivity contribution is 7.80. The Morgan fingerprint density at radius 2 is 1.92 bits per heavy atom. The number of halogens is 1. The first-order chi connectivity index (χ1) is 12.4. The normalized spacial score (nSPS) is 19.5. The van der Waals surface area contributed by atoms with E-state index in [-0.39, 0.29) is 11.9 Å². The quantitative estimate of drug-likeness (QED) is 0.691. The van der Waals surface area contributed by atoms with Crippen LogP contribution in [0.2, 0.25) is 5.02 Å². The highest BCUT2D eigenvalue weighted by atomic mass is 35.5. The van der Waals surface area contributed by atoms with Gasteiger partial charge in [-0.15, -0.1) is 0 Å². The molecule has 2 atom stereocenters. The molecule has 26 heavy (non-hydrogen) atoms. The van der Waals surface area contributed by atoms with E-state index in [1.54, 1.807) is 6.07 Å². The molecule has 1 aliphatic rings. The van der Waals surface area contributed by atoms with E-state index in [1.807, 2.05) is 50.2 Å². The van der Waals surface area contributed by atoms with Gasteiger partial charge in [-0.1, -0.05) is 48.5 Å². The largest absolute Gasteiger partial charge is 0.354 e. The summed E-state index contributed by atoms with van der Waals surface area (Å²) in [6, 6.07) is 13.1. The fourth-order valence-electron chi connectivity index (χ4n) is 3.14. The lowest BCUT2D eigenvalue weighted by Gasteiger charge is -2.36. The molecule has 1 aliphatic heterocycles. The van der Waals surface area contributed by atoms with Crippen molar-refractivity contribution in [1.29, 1.82) is 0 Å². The average molecular weight is 386 g/mol. The summed E-state index contributed by atoms with van der Waals surface area (Å²) in [5.74, 6) is -0.697. The van der Waals surface area contributed by atoms with Crippen LogP contribution >= 0.6 is 23.8 Å². The first-order valence-electron chi connectivity index (χ1n) is 8.26. The molecule has 1 saturated heterocycles. The van der Waals surface area contributed by atoms with Gasteiger partial charge in [0, 0.05) is 16.4 Å². The predicted octanol–water partition coefficient (Wildman–Crippen LogP) is 4.24. The molecule has 1 fully saturated rings. The van der Waals surface area contributed by atoms with Gasteiger partial charge in [0.2, 0.25) is 5.91 Å². The van der Waals surface area contributed by atoms with Gasteiger partial charge in [-0.2, -0.15) is 0 Å². The van der Waals surface area contributed by atoms with Crippen molar-refractivity contribution in [3.05, 3.63) is 76.5 Å². The number of benzene rings is 2. The summed E-state index contributed by atoms with van der Waals surface area (Å²) in [5, 5.41) is 10.3. The van der Waals surface area contributed by atoms with E-state index in [2.05, 4.69) is 22.5 Å². The van der Waals surface area contributed by atoms with Gasteiger partial charge in [0.15, 0.2) is 5.11 Å². The summed E-state index contributed by atoms with van der Waals surface area (Å²) in [4.78, 5) is 13.1. The zero-order valence-corrected chi connectivity index (χ0v) is 16.2. The number of thiocarbonyl (C=S) groups is 1. The van der Waals surface area contributed by atoms with Crippen LogP contribution < -0.4 is 16.0 Å². The van der Waals surface area contributed by atoms with Crippen molar-refractivity contribution in [2.75, 3.05) is 5.32 Å². The highest BCUT2D eigenvalue weighted by Gasteiger charge is 2.37. The number of amides is 1. The minimum Gasteiger partial charge on any atom is -0.354 e. The van der Waals surface area contributed by atoms with Crippen LogP contribution in [0.15, 0.2) is 54.7 Å². The van der Waals surface area contributed by atoms with Crippen molar-refractivity contribution in [2.24, 2.45) is 5.92 Å². The van der Waals surface area contributed by atoms with E-state index >= 15 is 0 Å². The molecule has 0 radical (unpaired) electrons. The van der Waals surface area contributed by atoms with Crippen LogP contribution in [-0.2, 0) is 4.79 Å². The number of rotatable bonds is 3. The predicted molar refractivity (Wildman–Crippen MR) is 110 cm³/mol. The number of aryl methyl sites for hydroxylation is 1. The van der Waals surface area contributed by atoms with E-state index < -0.39 is 5.92 Å². The zero-order valence-electron chi connectivity index (χ0n) is 14.6. The van der Waals surface area contributed by atoms with Crippen LogP contribution in [0.3, 0.4) is 0 Å². The van der Waals surface area contributed by atoms with E-state index in [4.69, 9.17) is 23.8 Å². The van der Waals surface area contributed by atoms with Crippen LogP contribution in [0.4, 0.5) is 5.69 Å². The Kier molecular flexibility index (Phi) is 5.30. The van der Waals surface area contributed by atoms with Crippen molar-refractivity contribution < 1.29 is 4.79 Å². The lowest BCUT2D eigenvalue weighted by molar-refractivity contribution is -0.119.